The Morgan fingerprint density at radius 2 is 2.10 bits per heavy atom. The summed E-state index contributed by atoms with van der Waals surface area (Å²) in [6.45, 7) is 0. The second-order valence-electron chi connectivity index (χ2n) is 4.11. The molecule has 2 aromatic carbocycles. The minimum Gasteiger partial charge on any atom is -0.496 e. The lowest BCUT2D eigenvalue weighted by molar-refractivity contribution is 0.102. The third-order valence-electron chi connectivity index (χ3n) is 2.76. The smallest absolute Gasteiger partial charge is 0.255 e. The van der Waals surface area contributed by atoms with Crippen LogP contribution in [0, 0.1) is 11.3 Å². The third kappa shape index (κ3) is 3.54. The van der Waals surface area contributed by atoms with E-state index in [9.17, 15) is 4.79 Å². The van der Waals surface area contributed by atoms with E-state index >= 15 is 0 Å². The number of amides is 1. The molecule has 0 bridgehead atoms. The van der Waals surface area contributed by atoms with Crippen LogP contribution in [0.4, 0.5) is 5.69 Å². The van der Waals surface area contributed by atoms with Crippen LogP contribution >= 0.6 is 27.5 Å². The molecular formula is C15H10BrClN2O2. The number of halogens is 2. The van der Waals surface area contributed by atoms with E-state index in [-0.39, 0.29) is 5.91 Å². The summed E-state index contributed by atoms with van der Waals surface area (Å²) >= 11 is 9.33. The Labute approximate surface area is 135 Å². The number of ether oxygens (including phenoxy) is 1. The van der Waals surface area contributed by atoms with Crippen LogP contribution in [0.15, 0.2) is 40.9 Å². The summed E-state index contributed by atoms with van der Waals surface area (Å²) in [7, 11) is 1.55. The number of rotatable bonds is 3. The van der Waals surface area contributed by atoms with Crippen LogP contribution in [0.5, 0.6) is 5.75 Å². The number of nitriles is 1. The number of hydrogen-bond donors (Lipinski definition) is 1. The lowest BCUT2D eigenvalue weighted by Gasteiger charge is -2.09. The van der Waals surface area contributed by atoms with Gasteiger partial charge in [-0.1, -0.05) is 11.6 Å². The van der Waals surface area contributed by atoms with E-state index in [0.29, 0.717) is 32.1 Å². The van der Waals surface area contributed by atoms with Crippen LogP contribution in [0.1, 0.15) is 15.9 Å². The van der Waals surface area contributed by atoms with E-state index in [1.165, 1.54) is 6.07 Å². The molecule has 0 fully saturated rings. The van der Waals surface area contributed by atoms with E-state index in [2.05, 4.69) is 21.2 Å². The fourth-order valence-corrected chi connectivity index (χ4v) is 2.40. The van der Waals surface area contributed by atoms with Crippen molar-refractivity contribution in [3.63, 3.8) is 0 Å². The molecule has 0 aliphatic rings. The Morgan fingerprint density at radius 1 is 1.33 bits per heavy atom. The summed E-state index contributed by atoms with van der Waals surface area (Å²) < 4.78 is 5.79. The van der Waals surface area contributed by atoms with Crippen molar-refractivity contribution in [2.24, 2.45) is 0 Å². The summed E-state index contributed by atoms with van der Waals surface area (Å²) in [6, 6.07) is 11.7. The van der Waals surface area contributed by atoms with Crippen LogP contribution in [-0.4, -0.2) is 13.0 Å². The molecule has 0 aliphatic carbocycles. The molecule has 6 heteroatoms. The topological polar surface area (TPSA) is 62.1 Å². The SMILES string of the molecule is COc1ccc(C(=O)Nc2cc(C#N)ccc2Cl)cc1Br. The summed E-state index contributed by atoms with van der Waals surface area (Å²) in [6.07, 6.45) is 0. The Balaban J connectivity index is 2.26. The first-order valence-corrected chi connectivity index (χ1v) is 7.07. The van der Waals surface area contributed by atoms with Gasteiger partial charge in [0.15, 0.2) is 0 Å². The van der Waals surface area contributed by atoms with Gasteiger partial charge in [-0.05, 0) is 52.3 Å². The summed E-state index contributed by atoms with van der Waals surface area (Å²) in [5.74, 6) is 0.311. The molecule has 0 spiro atoms. The number of carbonyl (C=O) groups excluding carboxylic acids is 1. The maximum atomic E-state index is 12.2. The lowest BCUT2D eigenvalue weighted by atomic mass is 10.2. The normalized spacial score (nSPS) is 9.81. The van der Waals surface area contributed by atoms with Crippen molar-refractivity contribution < 1.29 is 9.53 Å². The number of nitrogens with one attached hydrogen (secondary N) is 1. The number of methoxy groups -OCH3 is 1. The molecule has 21 heavy (non-hydrogen) atoms. The highest BCUT2D eigenvalue weighted by Gasteiger charge is 2.11. The molecule has 0 saturated carbocycles. The third-order valence-corrected chi connectivity index (χ3v) is 3.71. The Kier molecular flexibility index (Phi) is 4.84. The fraction of sp³-hybridized carbons (Fsp3) is 0.0667. The summed E-state index contributed by atoms with van der Waals surface area (Å²) in [5.41, 5.74) is 1.26. The highest BCUT2D eigenvalue weighted by molar-refractivity contribution is 9.10. The van der Waals surface area contributed by atoms with Gasteiger partial charge in [0.1, 0.15) is 5.75 Å². The minimum atomic E-state index is -0.324. The van der Waals surface area contributed by atoms with E-state index in [4.69, 9.17) is 21.6 Å². The van der Waals surface area contributed by atoms with Crippen LogP contribution in [0.25, 0.3) is 0 Å². The molecule has 0 heterocycles. The molecule has 0 atom stereocenters. The molecule has 0 radical (unpaired) electrons. The first-order valence-electron chi connectivity index (χ1n) is 5.89. The number of anilines is 1. The lowest BCUT2D eigenvalue weighted by Crippen LogP contribution is -2.12. The number of benzene rings is 2. The van der Waals surface area contributed by atoms with Gasteiger partial charge in [-0.3, -0.25) is 4.79 Å². The molecule has 0 unspecified atom stereocenters. The maximum Gasteiger partial charge on any atom is 0.255 e. The van der Waals surface area contributed by atoms with Crippen molar-refractivity contribution >= 4 is 39.1 Å². The van der Waals surface area contributed by atoms with Gasteiger partial charge >= 0.3 is 0 Å². The second kappa shape index (κ2) is 6.61. The Hall–Kier alpha value is -2.03. The van der Waals surface area contributed by atoms with Crippen molar-refractivity contribution in [3.05, 3.63) is 57.0 Å². The molecule has 0 aliphatic heterocycles. The average Bonchev–Trinajstić information content (AvgIpc) is 2.49. The minimum absolute atomic E-state index is 0.324. The first kappa shape index (κ1) is 15.4. The van der Waals surface area contributed by atoms with Gasteiger partial charge in [0.2, 0.25) is 0 Å². The van der Waals surface area contributed by atoms with Gasteiger partial charge in [-0.25, -0.2) is 0 Å². The molecule has 0 saturated heterocycles. The van der Waals surface area contributed by atoms with Gasteiger partial charge in [-0.15, -0.1) is 0 Å². The number of hydrogen-bond acceptors (Lipinski definition) is 3. The van der Waals surface area contributed by atoms with Gasteiger partial charge in [0.25, 0.3) is 5.91 Å². The zero-order chi connectivity index (χ0) is 15.4. The first-order chi connectivity index (χ1) is 10.0. The Morgan fingerprint density at radius 3 is 2.71 bits per heavy atom. The molecule has 2 rings (SSSR count). The van der Waals surface area contributed by atoms with Crippen molar-refractivity contribution in [1.82, 2.24) is 0 Å². The van der Waals surface area contributed by atoms with Crippen LogP contribution in [0.2, 0.25) is 5.02 Å². The van der Waals surface area contributed by atoms with Crippen LogP contribution < -0.4 is 10.1 Å². The van der Waals surface area contributed by atoms with Crippen molar-refractivity contribution in [1.29, 1.82) is 5.26 Å². The zero-order valence-electron chi connectivity index (χ0n) is 11.0. The van der Waals surface area contributed by atoms with Gasteiger partial charge in [-0.2, -0.15) is 5.26 Å². The quantitative estimate of drug-likeness (QED) is 0.885. The van der Waals surface area contributed by atoms with Crippen molar-refractivity contribution in [2.75, 3.05) is 12.4 Å². The van der Waals surface area contributed by atoms with E-state index in [1.54, 1.807) is 37.4 Å². The predicted octanol–water partition coefficient (Wildman–Crippen LogP) is 4.24. The highest BCUT2D eigenvalue weighted by Crippen LogP contribution is 2.27. The fourth-order valence-electron chi connectivity index (χ4n) is 1.69. The molecule has 4 nitrogen and oxygen atoms in total. The summed E-state index contributed by atoms with van der Waals surface area (Å²) in [4.78, 5) is 12.2. The van der Waals surface area contributed by atoms with Crippen molar-refractivity contribution in [2.45, 2.75) is 0 Å². The number of nitrogens with zero attached hydrogens (tertiary/aromatic N) is 1. The maximum absolute atomic E-state index is 12.2. The zero-order valence-corrected chi connectivity index (χ0v) is 13.3. The van der Waals surface area contributed by atoms with E-state index in [0.717, 1.165) is 0 Å². The molecule has 2 aromatic rings. The highest BCUT2D eigenvalue weighted by atomic mass is 79.9. The standard InChI is InChI=1S/C15H10BrClN2O2/c1-21-14-5-3-10(7-11(14)16)15(20)19-13-6-9(8-18)2-4-12(13)17/h2-7H,1H3,(H,19,20). The average molecular weight is 366 g/mol. The van der Waals surface area contributed by atoms with Crippen LogP contribution in [0.3, 0.4) is 0 Å². The predicted molar refractivity (Wildman–Crippen MR) is 84.8 cm³/mol. The van der Waals surface area contributed by atoms with Crippen LogP contribution in [-0.2, 0) is 0 Å². The molecule has 1 N–H and O–H groups in total. The van der Waals surface area contributed by atoms with E-state index < -0.39 is 0 Å². The largest absolute Gasteiger partial charge is 0.496 e. The summed E-state index contributed by atoms with van der Waals surface area (Å²) in [5, 5.41) is 11.9. The van der Waals surface area contributed by atoms with E-state index in [1.807, 2.05) is 6.07 Å². The van der Waals surface area contributed by atoms with Gasteiger partial charge in [0, 0.05) is 5.56 Å². The molecule has 0 aromatic heterocycles. The number of carbonyl (C=O) groups is 1. The molecular weight excluding hydrogens is 356 g/mol. The molecule has 1 amide bonds. The molecule has 106 valence electrons. The monoisotopic (exact) mass is 364 g/mol. The Bertz CT molecular complexity index is 741. The van der Waals surface area contributed by atoms with Gasteiger partial charge < -0.3 is 10.1 Å². The van der Waals surface area contributed by atoms with Gasteiger partial charge in [0.05, 0.1) is 33.9 Å². The second-order valence-corrected chi connectivity index (χ2v) is 5.37. The van der Waals surface area contributed by atoms with Crippen molar-refractivity contribution in [3.8, 4) is 11.8 Å².